The van der Waals surface area contributed by atoms with E-state index in [0.29, 0.717) is 64.7 Å². The summed E-state index contributed by atoms with van der Waals surface area (Å²) in [6, 6.07) is 0. The molecule has 0 fully saturated rings. The summed E-state index contributed by atoms with van der Waals surface area (Å²) < 4.78 is 10.9. The van der Waals surface area contributed by atoms with E-state index in [1.807, 2.05) is 60.5 Å². The molecule has 0 aromatic rings. The molecule has 7 heteroatoms. The molecule has 0 spiro atoms. The van der Waals surface area contributed by atoms with Gasteiger partial charge in [0.25, 0.3) is 0 Å². The Labute approximate surface area is 201 Å². The monoisotopic (exact) mass is 471 g/mol. The lowest BCUT2D eigenvalue weighted by molar-refractivity contribution is -0.160. The van der Waals surface area contributed by atoms with E-state index >= 15 is 0 Å². The lowest BCUT2D eigenvalue weighted by atomic mass is 9.68. The van der Waals surface area contributed by atoms with E-state index in [-0.39, 0.29) is 11.9 Å². The van der Waals surface area contributed by atoms with Crippen molar-refractivity contribution in [1.29, 1.82) is 0 Å². The Morgan fingerprint density at radius 1 is 0.788 bits per heavy atom. The van der Waals surface area contributed by atoms with Gasteiger partial charge in [0.15, 0.2) is 0 Å². The first-order valence-electron chi connectivity index (χ1n) is 12.5. The minimum absolute atomic E-state index is 0.275. The maximum Gasteiger partial charge on any atom is 0.311 e. The Morgan fingerprint density at radius 2 is 1.36 bits per heavy atom. The lowest BCUT2D eigenvalue weighted by Crippen LogP contribution is -2.38. The van der Waals surface area contributed by atoms with Gasteiger partial charge in [-0.2, -0.15) is 0 Å². The van der Waals surface area contributed by atoms with Crippen molar-refractivity contribution in [2.24, 2.45) is 16.2 Å². The Bertz CT molecular complexity index is 618. The van der Waals surface area contributed by atoms with E-state index in [2.05, 4.69) is 0 Å². The third-order valence-electron chi connectivity index (χ3n) is 6.89. The van der Waals surface area contributed by atoms with E-state index in [1.165, 1.54) is 0 Å². The van der Waals surface area contributed by atoms with Crippen molar-refractivity contribution in [1.82, 2.24) is 4.90 Å². The van der Waals surface area contributed by atoms with Crippen LogP contribution in [0, 0.1) is 16.2 Å². The van der Waals surface area contributed by atoms with Crippen LogP contribution in [0.2, 0.25) is 0 Å². The fourth-order valence-corrected chi connectivity index (χ4v) is 3.77. The molecule has 0 amide bonds. The van der Waals surface area contributed by atoms with Crippen molar-refractivity contribution in [3.8, 4) is 0 Å². The number of likely N-dealkylation sites (N-methyl/N-ethyl adjacent to an activating group) is 1. The molecule has 0 aliphatic rings. The molecule has 1 N–H and O–H groups in total. The predicted molar refractivity (Wildman–Crippen MR) is 131 cm³/mol. The first-order chi connectivity index (χ1) is 15.3. The van der Waals surface area contributed by atoms with Crippen LogP contribution in [-0.2, 0) is 23.9 Å². The Kier molecular flexibility index (Phi) is 13.9. The van der Waals surface area contributed by atoms with Gasteiger partial charge in [0.2, 0.25) is 0 Å². The van der Waals surface area contributed by atoms with E-state index in [1.54, 1.807) is 0 Å². The fourth-order valence-electron chi connectivity index (χ4n) is 3.77. The van der Waals surface area contributed by atoms with Gasteiger partial charge in [-0.1, -0.05) is 33.6 Å². The molecule has 0 radical (unpaired) electrons. The van der Waals surface area contributed by atoms with Gasteiger partial charge in [0, 0.05) is 6.54 Å². The van der Waals surface area contributed by atoms with Crippen LogP contribution in [0.5, 0.6) is 0 Å². The van der Waals surface area contributed by atoms with Crippen LogP contribution in [-0.4, -0.2) is 61.8 Å². The number of unbranched alkanes of at least 4 members (excludes halogenated alkanes) is 1. The topological polar surface area (TPSA) is 93.1 Å². The van der Waals surface area contributed by atoms with E-state index < -0.39 is 22.2 Å². The highest BCUT2D eigenvalue weighted by atomic mass is 16.5. The number of hydrogen-bond acceptors (Lipinski definition) is 6. The van der Waals surface area contributed by atoms with Crippen LogP contribution in [0.25, 0.3) is 0 Å². The molecule has 0 aromatic carbocycles. The van der Waals surface area contributed by atoms with Crippen molar-refractivity contribution in [3.05, 3.63) is 0 Å². The summed E-state index contributed by atoms with van der Waals surface area (Å²) >= 11 is 0. The van der Waals surface area contributed by atoms with Gasteiger partial charge in [0.1, 0.15) is 6.61 Å². The molecule has 2 unspecified atom stereocenters. The van der Waals surface area contributed by atoms with Crippen LogP contribution in [0.15, 0.2) is 0 Å². The first-order valence-corrected chi connectivity index (χ1v) is 12.5. The normalized spacial score (nSPS) is 15.5. The summed E-state index contributed by atoms with van der Waals surface area (Å²) in [5.41, 5.74) is -2.49. The van der Waals surface area contributed by atoms with Gasteiger partial charge in [-0.3, -0.25) is 14.4 Å². The Morgan fingerprint density at radius 3 is 1.85 bits per heavy atom. The molecule has 2 atom stereocenters. The number of carbonyl (C=O) groups is 3. The molecule has 194 valence electrons. The lowest BCUT2D eigenvalue weighted by Gasteiger charge is -2.35. The second-order valence-corrected chi connectivity index (χ2v) is 10.6. The summed E-state index contributed by atoms with van der Waals surface area (Å²) in [7, 11) is 3.83. The summed E-state index contributed by atoms with van der Waals surface area (Å²) in [5, 5.41) is 10.2. The second kappa shape index (κ2) is 14.6. The van der Waals surface area contributed by atoms with Crippen molar-refractivity contribution >= 4 is 17.9 Å². The zero-order valence-electron chi connectivity index (χ0n) is 22.4. The highest BCUT2D eigenvalue weighted by Gasteiger charge is 2.43. The van der Waals surface area contributed by atoms with Gasteiger partial charge in [-0.05, 0) is 79.8 Å². The van der Waals surface area contributed by atoms with Crippen LogP contribution in [0.3, 0.4) is 0 Å². The van der Waals surface area contributed by atoms with Gasteiger partial charge < -0.3 is 19.5 Å². The number of carbonyl (C=O) groups excluding carboxylic acids is 2. The highest BCUT2D eigenvalue weighted by molar-refractivity contribution is 5.78. The molecule has 0 aliphatic heterocycles. The van der Waals surface area contributed by atoms with Gasteiger partial charge in [-0.25, -0.2) is 0 Å². The average molecular weight is 472 g/mol. The number of nitrogens with zero attached hydrogens (tertiary/aromatic N) is 1. The average Bonchev–Trinajstić information content (AvgIpc) is 2.75. The summed E-state index contributed by atoms with van der Waals surface area (Å²) in [5.74, 6) is -1.42. The number of carboxylic acids is 1. The molecular weight excluding hydrogens is 422 g/mol. The quantitative estimate of drug-likeness (QED) is 0.214. The van der Waals surface area contributed by atoms with Crippen molar-refractivity contribution in [2.45, 2.75) is 99.3 Å². The minimum Gasteiger partial charge on any atom is -0.481 e. The van der Waals surface area contributed by atoms with Crippen molar-refractivity contribution in [2.75, 3.05) is 33.9 Å². The van der Waals surface area contributed by atoms with Crippen LogP contribution in [0.4, 0.5) is 0 Å². The molecule has 0 rings (SSSR count). The molecule has 0 aliphatic carbocycles. The van der Waals surface area contributed by atoms with Crippen LogP contribution < -0.4 is 0 Å². The SMILES string of the molecule is CCCCOC(=O)C(C)(C)CCC(CCC)(CCC(C)(CC)C(=O)OCCN(C)C)C(=O)O. The fraction of sp³-hybridized carbons (Fsp3) is 0.885. The van der Waals surface area contributed by atoms with Crippen molar-refractivity contribution < 1.29 is 29.0 Å². The second-order valence-electron chi connectivity index (χ2n) is 10.6. The minimum atomic E-state index is -0.990. The molecule has 0 aromatic heterocycles. The smallest absolute Gasteiger partial charge is 0.311 e. The molecule has 0 bridgehead atoms. The number of hydrogen-bond donors (Lipinski definition) is 1. The first kappa shape index (κ1) is 31.4. The molecule has 33 heavy (non-hydrogen) atoms. The molecule has 0 saturated heterocycles. The Hall–Kier alpha value is -1.63. The van der Waals surface area contributed by atoms with Gasteiger partial charge in [-0.15, -0.1) is 0 Å². The maximum atomic E-state index is 12.8. The predicted octanol–water partition coefficient (Wildman–Crippen LogP) is 5.31. The number of esters is 2. The number of rotatable bonds is 18. The third kappa shape index (κ3) is 10.4. The van der Waals surface area contributed by atoms with E-state index in [4.69, 9.17) is 9.47 Å². The van der Waals surface area contributed by atoms with Crippen LogP contribution in [0.1, 0.15) is 99.3 Å². The third-order valence-corrected chi connectivity index (χ3v) is 6.89. The van der Waals surface area contributed by atoms with E-state index in [0.717, 1.165) is 12.8 Å². The molecule has 0 heterocycles. The molecule has 7 nitrogen and oxygen atoms in total. The number of ether oxygens (including phenoxy) is 2. The summed E-state index contributed by atoms with van der Waals surface area (Å²) in [4.78, 5) is 39.8. The molecular formula is C26H49NO6. The number of carboxylic acid groups (broad SMARTS) is 1. The number of aliphatic carboxylic acids is 1. The Balaban J connectivity index is 5.39. The zero-order chi connectivity index (χ0) is 25.7. The largest absolute Gasteiger partial charge is 0.481 e. The van der Waals surface area contributed by atoms with E-state index in [9.17, 15) is 19.5 Å². The van der Waals surface area contributed by atoms with Gasteiger partial charge >= 0.3 is 17.9 Å². The summed E-state index contributed by atoms with van der Waals surface area (Å²) in [6.07, 6.45) is 5.12. The van der Waals surface area contributed by atoms with Crippen molar-refractivity contribution in [3.63, 3.8) is 0 Å². The maximum absolute atomic E-state index is 12.8. The van der Waals surface area contributed by atoms with Crippen LogP contribution >= 0.6 is 0 Å². The molecule has 0 saturated carbocycles. The van der Waals surface area contributed by atoms with Gasteiger partial charge in [0.05, 0.1) is 22.9 Å². The summed E-state index contributed by atoms with van der Waals surface area (Å²) in [6.45, 7) is 12.8. The zero-order valence-corrected chi connectivity index (χ0v) is 22.4. The standard InChI is InChI=1S/C26H49NO6/c1-9-12-19-32-22(30)24(4,5)14-16-26(13-10-2,21(28)29)17-15-25(6,11-3)23(31)33-20-18-27(7)8/h9-20H2,1-8H3,(H,28,29). The highest BCUT2D eigenvalue weighted by Crippen LogP contribution is 2.43.